The number of nitrogens with two attached hydrogens (primary N) is 1. The number of aliphatic hydroxyl groups excluding tert-OH is 1. The van der Waals surface area contributed by atoms with Crippen LogP contribution in [0.15, 0.2) is 23.1 Å². The molecule has 0 aliphatic rings. The molecule has 0 aliphatic carbocycles. The van der Waals surface area contributed by atoms with Crippen LogP contribution in [-0.4, -0.2) is 45.8 Å². The fraction of sp³-hybridized carbons (Fsp3) is 0.417. The van der Waals surface area contributed by atoms with E-state index in [9.17, 15) is 13.2 Å². The van der Waals surface area contributed by atoms with Crippen molar-refractivity contribution >= 4 is 15.9 Å². The van der Waals surface area contributed by atoms with Gasteiger partial charge in [-0.15, -0.1) is 0 Å². The number of benzene rings is 1. The van der Waals surface area contributed by atoms with Gasteiger partial charge in [-0.3, -0.25) is 4.79 Å². The third kappa shape index (κ3) is 4.01. The second kappa shape index (κ2) is 6.80. The molecule has 20 heavy (non-hydrogen) atoms. The fourth-order valence-corrected chi connectivity index (χ4v) is 2.88. The molecule has 0 saturated carbocycles. The number of ether oxygens (including phenoxy) is 1. The first-order valence-electron chi connectivity index (χ1n) is 5.84. The predicted octanol–water partition coefficient (Wildman–Crippen LogP) is -0.620. The first-order chi connectivity index (χ1) is 9.31. The molecule has 8 heteroatoms. The van der Waals surface area contributed by atoms with E-state index in [2.05, 4.69) is 4.72 Å². The average Bonchev–Trinajstić information content (AvgIpc) is 2.37. The van der Waals surface area contributed by atoms with Crippen molar-refractivity contribution in [2.24, 2.45) is 5.73 Å². The van der Waals surface area contributed by atoms with Crippen molar-refractivity contribution < 1.29 is 23.1 Å². The first-order valence-corrected chi connectivity index (χ1v) is 7.32. The highest BCUT2D eigenvalue weighted by molar-refractivity contribution is 7.89. The van der Waals surface area contributed by atoms with E-state index in [-0.39, 0.29) is 17.1 Å². The number of methoxy groups -OCH3 is 1. The molecule has 0 fully saturated rings. The molecule has 7 nitrogen and oxygen atoms in total. The molecule has 1 aromatic carbocycles. The van der Waals surface area contributed by atoms with Gasteiger partial charge < -0.3 is 15.6 Å². The van der Waals surface area contributed by atoms with E-state index in [1.54, 1.807) is 6.92 Å². The molecular formula is C12H18N2O5S. The van der Waals surface area contributed by atoms with E-state index in [0.29, 0.717) is 5.56 Å². The third-order valence-electron chi connectivity index (χ3n) is 2.69. The van der Waals surface area contributed by atoms with Crippen molar-refractivity contribution in [3.8, 4) is 0 Å². The van der Waals surface area contributed by atoms with Crippen LogP contribution in [-0.2, 0) is 14.8 Å². The Morgan fingerprint density at radius 2 is 2.15 bits per heavy atom. The van der Waals surface area contributed by atoms with Gasteiger partial charge in [0.25, 0.3) is 0 Å². The third-order valence-corrected chi connectivity index (χ3v) is 4.21. The number of carbonyl (C=O) groups is 1. The Morgan fingerprint density at radius 1 is 1.50 bits per heavy atom. The molecule has 0 aromatic heterocycles. The zero-order chi connectivity index (χ0) is 15.3. The number of aryl methyl sites for hydroxylation is 1. The summed E-state index contributed by atoms with van der Waals surface area (Å²) in [5.41, 5.74) is 5.92. The summed E-state index contributed by atoms with van der Waals surface area (Å²) in [5, 5.41) is 9.07. The average molecular weight is 302 g/mol. The molecule has 112 valence electrons. The number of aliphatic hydroxyl groups is 1. The van der Waals surface area contributed by atoms with Crippen molar-refractivity contribution in [3.05, 3.63) is 29.3 Å². The molecule has 4 N–H and O–H groups in total. The second-order valence-corrected chi connectivity index (χ2v) is 6.01. The Balaban J connectivity index is 3.09. The monoisotopic (exact) mass is 302 g/mol. The lowest BCUT2D eigenvalue weighted by atomic mass is 10.1. The van der Waals surface area contributed by atoms with Crippen LogP contribution in [0.3, 0.4) is 0 Å². The van der Waals surface area contributed by atoms with Crippen LogP contribution in [0.4, 0.5) is 0 Å². The van der Waals surface area contributed by atoms with E-state index >= 15 is 0 Å². The Kier molecular flexibility index (Phi) is 5.63. The van der Waals surface area contributed by atoms with Crippen LogP contribution in [0.25, 0.3) is 0 Å². The van der Waals surface area contributed by atoms with E-state index in [1.807, 2.05) is 0 Å². The molecule has 0 spiro atoms. The van der Waals surface area contributed by atoms with Gasteiger partial charge in [-0.05, 0) is 24.6 Å². The predicted molar refractivity (Wildman–Crippen MR) is 72.8 cm³/mol. The number of carbonyl (C=O) groups excluding carboxylic acids is 1. The fourth-order valence-electron chi connectivity index (χ4n) is 1.65. The van der Waals surface area contributed by atoms with Crippen LogP contribution in [0.1, 0.15) is 15.9 Å². The number of hydrogen-bond donors (Lipinski definition) is 3. The van der Waals surface area contributed by atoms with Gasteiger partial charge in [0.15, 0.2) is 0 Å². The summed E-state index contributed by atoms with van der Waals surface area (Å²) in [6.07, 6.45) is 0. The smallest absolute Gasteiger partial charge is 0.249 e. The Labute approximate surface area is 117 Å². The summed E-state index contributed by atoms with van der Waals surface area (Å²) >= 11 is 0. The zero-order valence-electron chi connectivity index (χ0n) is 11.3. The molecule has 1 amide bonds. The minimum Gasteiger partial charge on any atom is -0.395 e. The normalized spacial score (nSPS) is 13.2. The van der Waals surface area contributed by atoms with Gasteiger partial charge in [-0.2, -0.15) is 0 Å². The van der Waals surface area contributed by atoms with Gasteiger partial charge in [-0.1, -0.05) is 6.07 Å². The highest BCUT2D eigenvalue weighted by Gasteiger charge is 2.21. The summed E-state index contributed by atoms with van der Waals surface area (Å²) in [4.78, 5) is 11.1. The second-order valence-electron chi connectivity index (χ2n) is 4.30. The summed E-state index contributed by atoms with van der Waals surface area (Å²) in [6, 6.07) is 3.31. The molecule has 0 saturated heterocycles. The van der Waals surface area contributed by atoms with Crippen LogP contribution in [0, 0.1) is 6.92 Å². The topological polar surface area (TPSA) is 119 Å². The summed E-state index contributed by atoms with van der Waals surface area (Å²) in [5.74, 6) is -0.699. The van der Waals surface area contributed by atoms with E-state index < -0.39 is 28.6 Å². The number of primary amides is 1. The lowest BCUT2D eigenvalue weighted by Crippen LogP contribution is -2.40. The lowest BCUT2D eigenvalue weighted by Gasteiger charge is -2.16. The zero-order valence-corrected chi connectivity index (χ0v) is 12.1. The van der Waals surface area contributed by atoms with Gasteiger partial charge in [0.2, 0.25) is 15.9 Å². The van der Waals surface area contributed by atoms with Crippen molar-refractivity contribution in [1.82, 2.24) is 4.72 Å². The Hall–Kier alpha value is -1.48. The van der Waals surface area contributed by atoms with Crippen LogP contribution < -0.4 is 10.5 Å². The number of nitrogens with one attached hydrogen (secondary N) is 1. The van der Waals surface area contributed by atoms with E-state index in [4.69, 9.17) is 15.6 Å². The molecule has 1 aromatic rings. The standard InChI is InChI=1S/C12H18N2O5S/c1-8-3-4-10(5-11(8)12(13)16)20(17,18)14-9(6-15)7-19-2/h3-5,9,14-15H,6-7H2,1-2H3,(H2,13,16). The number of hydrogen-bond acceptors (Lipinski definition) is 5. The first kappa shape index (κ1) is 16.6. The Morgan fingerprint density at radius 3 is 2.65 bits per heavy atom. The van der Waals surface area contributed by atoms with Gasteiger partial charge >= 0.3 is 0 Å². The lowest BCUT2D eigenvalue weighted by molar-refractivity contribution is 0.0999. The molecule has 1 rings (SSSR count). The van der Waals surface area contributed by atoms with E-state index in [0.717, 1.165) is 0 Å². The largest absolute Gasteiger partial charge is 0.395 e. The number of sulfonamides is 1. The highest BCUT2D eigenvalue weighted by atomic mass is 32.2. The van der Waals surface area contributed by atoms with Gasteiger partial charge in [0, 0.05) is 12.7 Å². The van der Waals surface area contributed by atoms with Gasteiger partial charge in [-0.25, -0.2) is 13.1 Å². The summed E-state index contributed by atoms with van der Waals surface area (Å²) in [7, 11) is -2.47. The molecule has 1 unspecified atom stereocenters. The maximum atomic E-state index is 12.1. The molecule has 0 heterocycles. The Bertz CT molecular complexity index is 586. The van der Waals surface area contributed by atoms with Gasteiger partial charge in [0.1, 0.15) is 0 Å². The van der Waals surface area contributed by atoms with Crippen LogP contribution in [0.5, 0.6) is 0 Å². The molecule has 0 radical (unpaired) electrons. The molecule has 0 aliphatic heterocycles. The minimum absolute atomic E-state index is 0.0320. The van der Waals surface area contributed by atoms with Crippen molar-refractivity contribution in [2.75, 3.05) is 20.3 Å². The summed E-state index contributed by atoms with van der Waals surface area (Å²) in [6.45, 7) is 1.29. The molecule has 0 bridgehead atoms. The van der Waals surface area contributed by atoms with Crippen molar-refractivity contribution in [1.29, 1.82) is 0 Å². The molecule has 1 atom stereocenters. The summed E-state index contributed by atoms with van der Waals surface area (Å²) < 4.78 is 31.4. The number of rotatable bonds is 7. The quantitative estimate of drug-likeness (QED) is 0.620. The van der Waals surface area contributed by atoms with Gasteiger partial charge in [0.05, 0.1) is 24.2 Å². The maximum Gasteiger partial charge on any atom is 0.249 e. The highest BCUT2D eigenvalue weighted by Crippen LogP contribution is 2.15. The molecular weight excluding hydrogens is 284 g/mol. The van der Waals surface area contributed by atoms with Crippen molar-refractivity contribution in [2.45, 2.75) is 17.9 Å². The van der Waals surface area contributed by atoms with Crippen LogP contribution >= 0.6 is 0 Å². The van der Waals surface area contributed by atoms with Crippen LogP contribution in [0.2, 0.25) is 0 Å². The van der Waals surface area contributed by atoms with Crippen molar-refractivity contribution in [3.63, 3.8) is 0 Å². The SMILES string of the molecule is COCC(CO)NS(=O)(=O)c1ccc(C)c(C(N)=O)c1. The number of amides is 1. The maximum absolute atomic E-state index is 12.1. The minimum atomic E-state index is -3.86. The van der Waals surface area contributed by atoms with E-state index in [1.165, 1.54) is 25.3 Å².